The average molecular weight is 322 g/mol. The highest BCUT2D eigenvalue weighted by Crippen LogP contribution is 2.35. The SMILES string of the molecule is CC[C@H]1CCc2cc(-c3ccc(CNC)cc3)ccc2N1C(C)=O. The number of rotatable bonds is 4. The zero-order valence-electron chi connectivity index (χ0n) is 14.8. The van der Waals surface area contributed by atoms with Gasteiger partial charge in [-0.2, -0.15) is 0 Å². The van der Waals surface area contributed by atoms with Crippen molar-refractivity contribution in [2.75, 3.05) is 11.9 Å². The van der Waals surface area contributed by atoms with Crippen molar-refractivity contribution >= 4 is 11.6 Å². The molecule has 2 aromatic carbocycles. The Balaban J connectivity index is 1.92. The summed E-state index contributed by atoms with van der Waals surface area (Å²) in [4.78, 5) is 14.1. The molecule has 0 aromatic heterocycles. The van der Waals surface area contributed by atoms with Gasteiger partial charge in [-0.05, 0) is 60.7 Å². The summed E-state index contributed by atoms with van der Waals surface area (Å²) in [5.74, 6) is 0.145. The van der Waals surface area contributed by atoms with Gasteiger partial charge in [-0.3, -0.25) is 4.79 Å². The van der Waals surface area contributed by atoms with Gasteiger partial charge in [0.15, 0.2) is 0 Å². The summed E-state index contributed by atoms with van der Waals surface area (Å²) < 4.78 is 0. The van der Waals surface area contributed by atoms with Crippen LogP contribution in [0.15, 0.2) is 42.5 Å². The smallest absolute Gasteiger partial charge is 0.224 e. The predicted molar refractivity (Wildman–Crippen MR) is 100 cm³/mol. The third-order valence-corrected chi connectivity index (χ3v) is 4.93. The predicted octanol–water partition coefficient (Wildman–Crippen LogP) is 4.15. The van der Waals surface area contributed by atoms with Crippen molar-refractivity contribution in [3.63, 3.8) is 0 Å². The molecule has 3 nitrogen and oxygen atoms in total. The number of hydrogen-bond donors (Lipinski definition) is 1. The van der Waals surface area contributed by atoms with Gasteiger partial charge >= 0.3 is 0 Å². The Kier molecular flexibility index (Phi) is 5.00. The first-order valence-electron chi connectivity index (χ1n) is 8.80. The van der Waals surface area contributed by atoms with Crippen LogP contribution in [0.3, 0.4) is 0 Å². The number of hydrogen-bond acceptors (Lipinski definition) is 2. The Morgan fingerprint density at radius 3 is 2.50 bits per heavy atom. The van der Waals surface area contributed by atoms with Crippen LogP contribution in [0.2, 0.25) is 0 Å². The van der Waals surface area contributed by atoms with Crippen molar-refractivity contribution in [3.8, 4) is 11.1 Å². The minimum atomic E-state index is 0.145. The maximum absolute atomic E-state index is 12.1. The molecule has 126 valence electrons. The van der Waals surface area contributed by atoms with Crippen LogP contribution in [0, 0.1) is 0 Å². The Morgan fingerprint density at radius 2 is 1.88 bits per heavy atom. The summed E-state index contributed by atoms with van der Waals surface area (Å²) in [5.41, 5.74) is 6.11. The van der Waals surface area contributed by atoms with Gasteiger partial charge in [0, 0.05) is 25.2 Å². The minimum absolute atomic E-state index is 0.145. The molecule has 3 heteroatoms. The maximum Gasteiger partial charge on any atom is 0.224 e. The van der Waals surface area contributed by atoms with E-state index in [1.165, 1.54) is 22.3 Å². The molecule has 1 aliphatic heterocycles. The molecule has 0 saturated heterocycles. The highest BCUT2D eigenvalue weighted by molar-refractivity contribution is 5.94. The molecule has 1 amide bonds. The van der Waals surface area contributed by atoms with Crippen molar-refractivity contribution < 1.29 is 4.79 Å². The van der Waals surface area contributed by atoms with E-state index < -0.39 is 0 Å². The quantitative estimate of drug-likeness (QED) is 0.917. The van der Waals surface area contributed by atoms with E-state index in [0.717, 1.165) is 31.5 Å². The zero-order chi connectivity index (χ0) is 17.1. The summed E-state index contributed by atoms with van der Waals surface area (Å²) in [6.45, 7) is 4.72. The summed E-state index contributed by atoms with van der Waals surface area (Å²) >= 11 is 0. The topological polar surface area (TPSA) is 32.3 Å². The molecule has 3 rings (SSSR count). The largest absolute Gasteiger partial charge is 0.316 e. The fraction of sp³-hybridized carbons (Fsp3) is 0.381. The van der Waals surface area contributed by atoms with E-state index in [4.69, 9.17) is 0 Å². The highest BCUT2D eigenvalue weighted by atomic mass is 16.2. The van der Waals surface area contributed by atoms with E-state index in [9.17, 15) is 4.79 Å². The summed E-state index contributed by atoms with van der Waals surface area (Å²) in [6.07, 6.45) is 3.10. The number of nitrogens with one attached hydrogen (secondary N) is 1. The molecule has 1 aliphatic rings. The number of aryl methyl sites for hydroxylation is 1. The van der Waals surface area contributed by atoms with Crippen molar-refractivity contribution in [3.05, 3.63) is 53.6 Å². The van der Waals surface area contributed by atoms with Crippen molar-refractivity contribution in [2.24, 2.45) is 0 Å². The first-order valence-corrected chi connectivity index (χ1v) is 8.80. The standard InChI is InChI=1S/C21H26N2O/c1-4-20-11-9-19-13-18(10-12-21(19)23(20)15(2)24)17-7-5-16(6-8-17)14-22-3/h5-8,10,12-13,20,22H,4,9,11,14H2,1-3H3/t20-/m0/s1. The van der Waals surface area contributed by atoms with Gasteiger partial charge in [0.25, 0.3) is 0 Å². The zero-order valence-corrected chi connectivity index (χ0v) is 14.8. The number of nitrogens with zero attached hydrogens (tertiary/aromatic N) is 1. The molecule has 0 fully saturated rings. The third-order valence-electron chi connectivity index (χ3n) is 4.93. The van der Waals surface area contributed by atoms with Crippen LogP contribution in [-0.2, 0) is 17.8 Å². The highest BCUT2D eigenvalue weighted by Gasteiger charge is 2.27. The second kappa shape index (κ2) is 7.18. The lowest BCUT2D eigenvalue weighted by Crippen LogP contribution is -2.42. The van der Waals surface area contributed by atoms with Crippen molar-refractivity contribution in [2.45, 2.75) is 45.7 Å². The molecule has 0 bridgehead atoms. The number of carbonyl (C=O) groups excluding carboxylic acids is 1. The van der Waals surface area contributed by atoms with E-state index in [2.05, 4.69) is 54.7 Å². The Hall–Kier alpha value is -2.13. The fourth-order valence-corrected chi connectivity index (χ4v) is 3.68. The molecular weight excluding hydrogens is 296 g/mol. The normalized spacial score (nSPS) is 16.8. The molecule has 1 atom stereocenters. The van der Waals surface area contributed by atoms with E-state index >= 15 is 0 Å². The first kappa shape index (κ1) is 16.7. The molecule has 24 heavy (non-hydrogen) atoms. The summed E-state index contributed by atoms with van der Waals surface area (Å²) in [5, 5.41) is 3.17. The molecule has 1 heterocycles. The molecule has 1 N–H and O–H groups in total. The molecule has 0 saturated carbocycles. The van der Waals surface area contributed by atoms with Crippen LogP contribution in [0.1, 0.15) is 37.8 Å². The lowest BCUT2D eigenvalue weighted by atomic mass is 9.91. The van der Waals surface area contributed by atoms with Crippen LogP contribution in [0.25, 0.3) is 11.1 Å². The van der Waals surface area contributed by atoms with Crippen LogP contribution in [0.5, 0.6) is 0 Å². The van der Waals surface area contributed by atoms with E-state index in [0.29, 0.717) is 6.04 Å². The van der Waals surface area contributed by atoms with E-state index in [1.54, 1.807) is 6.92 Å². The number of anilines is 1. The second-order valence-electron chi connectivity index (χ2n) is 6.56. The minimum Gasteiger partial charge on any atom is -0.316 e. The summed E-state index contributed by atoms with van der Waals surface area (Å²) in [6, 6.07) is 15.5. The van der Waals surface area contributed by atoms with Crippen molar-refractivity contribution in [1.82, 2.24) is 5.32 Å². The van der Waals surface area contributed by atoms with Gasteiger partial charge in [-0.15, -0.1) is 0 Å². The van der Waals surface area contributed by atoms with E-state index in [1.807, 2.05) is 11.9 Å². The van der Waals surface area contributed by atoms with Gasteiger partial charge in [-0.1, -0.05) is 37.3 Å². The monoisotopic (exact) mass is 322 g/mol. The fourth-order valence-electron chi connectivity index (χ4n) is 3.68. The first-order chi connectivity index (χ1) is 11.6. The Morgan fingerprint density at radius 1 is 1.17 bits per heavy atom. The van der Waals surface area contributed by atoms with Crippen LogP contribution < -0.4 is 10.2 Å². The molecule has 0 spiro atoms. The Labute approximate surface area is 144 Å². The maximum atomic E-state index is 12.1. The molecule has 0 radical (unpaired) electrons. The number of benzene rings is 2. The lowest BCUT2D eigenvalue weighted by molar-refractivity contribution is -0.117. The molecule has 0 unspecified atom stereocenters. The van der Waals surface area contributed by atoms with Gasteiger partial charge in [0.1, 0.15) is 0 Å². The van der Waals surface area contributed by atoms with Gasteiger partial charge < -0.3 is 10.2 Å². The third kappa shape index (κ3) is 3.22. The van der Waals surface area contributed by atoms with E-state index in [-0.39, 0.29) is 5.91 Å². The van der Waals surface area contributed by atoms with Crippen LogP contribution in [0.4, 0.5) is 5.69 Å². The number of fused-ring (bicyclic) bond motifs is 1. The van der Waals surface area contributed by atoms with Gasteiger partial charge in [0.05, 0.1) is 0 Å². The van der Waals surface area contributed by atoms with Crippen molar-refractivity contribution in [1.29, 1.82) is 0 Å². The van der Waals surface area contributed by atoms with Crippen LogP contribution >= 0.6 is 0 Å². The molecule has 2 aromatic rings. The lowest BCUT2D eigenvalue weighted by Gasteiger charge is -2.36. The van der Waals surface area contributed by atoms with Gasteiger partial charge in [-0.25, -0.2) is 0 Å². The summed E-state index contributed by atoms with van der Waals surface area (Å²) in [7, 11) is 1.96. The van der Waals surface area contributed by atoms with Gasteiger partial charge in [0.2, 0.25) is 5.91 Å². The second-order valence-corrected chi connectivity index (χ2v) is 6.56. The Bertz CT molecular complexity index is 721. The number of amides is 1. The number of carbonyl (C=O) groups is 1. The molecule has 0 aliphatic carbocycles. The van der Waals surface area contributed by atoms with Crippen LogP contribution in [-0.4, -0.2) is 19.0 Å². The molecular formula is C21H26N2O. The average Bonchev–Trinajstić information content (AvgIpc) is 2.61.